The Labute approximate surface area is 200 Å². The second kappa shape index (κ2) is 9.34. The van der Waals surface area contributed by atoms with E-state index < -0.39 is 11.9 Å². The number of rotatable bonds is 7. The van der Waals surface area contributed by atoms with Crippen molar-refractivity contribution < 1.29 is 19.8 Å². The lowest BCUT2D eigenvalue weighted by atomic mass is 9.84. The van der Waals surface area contributed by atoms with Gasteiger partial charge in [0, 0.05) is 17.9 Å². The van der Waals surface area contributed by atoms with Gasteiger partial charge in [-0.15, -0.1) is 0 Å². The molecule has 34 heavy (non-hydrogen) atoms. The van der Waals surface area contributed by atoms with Crippen LogP contribution in [0.5, 0.6) is 0 Å². The van der Waals surface area contributed by atoms with Gasteiger partial charge in [-0.1, -0.05) is 43.5 Å². The van der Waals surface area contributed by atoms with Gasteiger partial charge in [-0.2, -0.15) is 13.8 Å². The molecular formula is C25H24N4O4S. The van der Waals surface area contributed by atoms with Crippen molar-refractivity contribution in [1.82, 2.24) is 18.5 Å². The van der Waals surface area contributed by atoms with Gasteiger partial charge in [-0.05, 0) is 42.2 Å². The quantitative estimate of drug-likeness (QED) is 0.386. The predicted octanol–water partition coefficient (Wildman–Crippen LogP) is 4.97. The second-order valence-electron chi connectivity index (χ2n) is 8.74. The van der Waals surface area contributed by atoms with Crippen molar-refractivity contribution in [2.24, 2.45) is 0 Å². The van der Waals surface area contributed by atoms with Crippen LogP contribution < -0.4 is 0 Å². The highest BCUT2D eigenvalue weighted by molar-refractivity contribution is 7.00. The number of nitrogens with zero attached hydrogens (tertiary/aromatic N) is 4. The summed E-state index contributed by atoms with van der Waals surface area (Å²) in [6, 6.07) is 12.5. The zero-order chi connectivity index (χ0) is 23.7. The van der Waals surface area contributed by atoms with Crippen LogP contribution in [0.1, 0.15) is 81.3 Å². The fourth-order valence-electron chi connectivity index (χ4n) is 4.92. The SMILES string of the molecule is O=C(O)c1ccccc1Cn1nc(C2CCCCC2)c(Cc2ccc3nsnc3c2)c1C(=O)O. The van der Waals surface area contributed by atoms with E-state index in [1.54, 1.807) is 18.2 Å². The van der Waals surface area contributed by atoms with Crippen LogP contribution in [0.2, 0.25) is 0 Å². The number of carbonyl (C=O) groups is 2. The van der Waals surface area contributed by atoms with Crippen LogP contribution >= 0.6 is 11.7 Å². The second-order valence-corrected chi connectivity index (χ2v) is 9.26. The topological polar surface area (TPSA) is 118 Å². The number of carboxylic acid groups (broad SMARTS) is 2. The summed E-state index contributed by atoms with van der Waals surface area (Å²) in [4.78, 5) is 24.2. The molecule has 0 aliphatic heterocycles. The van der Waals surface area contributed by atoms with E-state index in [0.29, 0.717) is 17.5 Å². The maximum Gasteiger partial charge on any atom is 0.354 e. The van der Waals surface area contributed by atoms with E-state index in [4.69, 9.17) is 5.10 Å². The maximum absolute atomic E-state index is 12.5. The van der Waals surface area contributed by atoms with Crippen LogP contribution in [0.4, 0.5) is 0 Å². The summed E-state index contributed by atoms with van der Waals surface area (Å²) in [6.07, 6.45) is 5.74. The third-order valence-corrected chi connectivity index (χ3v) is 7.10. The molecule has 0 saturated heterocycles. The number of aromatic nitrogens is 4. The molecule has 4 aromatic rings. The molecule has 1 aliphatic carbocycles. The van der Waals surface area contributed by atoms with Crippen molar-refractivity contribution in [3.8, 4) is 0 Å². The highest BCUT2D eigenvalue weighted by Crippen LogP contribution is 2.36. The lowest BCUT2D eigenvalue weighted by molar-refractivity contribution is 0.0679. The lowest BCUT2D eigenvalue weighted by Crippen LogP contribution is -2.15. The smallest absolute Gasteiger partial charge is 0.354 e. The largest absolute Gasteiger partial charge is 0.478 e. The van der Waals surface area contributed by atoms with Gasteiger partial charge < -0.3 is 10.2 Å². The van der Waals surface area contributed by atoms with Crippen molar-refractivity contribution in [2.75, 3.05) is 0 Å². The molecule has 0 amide bonds. The Morgan fingerprint density at radius 1 is 0.971 bits per heavy atom. The monoisotopic (exact) mass is 476 g/mol. The van der Waals surface area contributed by atoms with Crippen molar-refractivity contribution in [3.63, 3.8) is 0 Å². The van der Waals surface area contributed by atoms with Gasteiger partial charge in [0.2, 0.25) is 0 Å². The van der Waals surface area contributed by atoms with E-state index in [2.05, 4.69) is 8.75 Å². The standard InChI is InChI=1S/C25H24N4O4S/c30-24(31)18-9-5-4-8-17(18)14-29-23(25(32)33)19(22(26-29)16-6-2-1-3-7-16)12-15-10-11-20-21(13-15)28-34-27-20/h4-5,8-11,13,16H,1-3,6-7,12,14H2,(H,30,31)(H,32,33). The van der Waals surface area contributed by atoms with Crippen molar-refractivity contribution >= 4 is 34.7 Å². The van der Waals surface area contributed by atoms with Crippen LogP contribution in [-0.2, 0) is 13.0 Å². The van der Waals surface area contributed by atoms with Crippen LogP contribution in [0, 0.1) is 0 Å². The summed E-state index contributed by atoms with van der Waals surface area (Å²) in [5.74, 6) is -1.91. The van der Waals surface area contributed by atoms with Crippen molar-refractivity contribution in [2.45, 2.75) is 51.0 Å². The Bertz CT molecular complexity index is 1370. The van der Waals surface area contributed by atoms with E-state index in [1.807, 2.05) is 18.2 Å². The van der Waals surface area contributed by atoms with Gasteiger partial charge in [0.1, 0.15) is 16.7 Å². The molecule has 8 nitrogen and oxygen atoms in total. The normalized spacial score (nSPS) is 14.5. The Hall–Kier alpha value is -3.59. The minimum Gasteiger partial charge on any atom is -0.478 e. The number of hydrogen-bond acceptors (Lipinski definition) is 6. The fraction of sp³-hybridized carbons (Fsp3) is 0.320. The van der Waals surface area contributed by atoms with E-state index in [-0.39, 0.29) is 23.7 Å². The summed E-state index contributed by atoms with van der Waals surface area (Å²) in [6.45, 7) is 0.0822. The molecule has 174 valence electrons. The van der Waals surface area contributed by atoms with E-state index >= 15 is 0 Å². The van der Waals surface area contributed by atoms with Crippen LogP contribution in [-0.4, -0.2) is 40.7 Å². The van der Waals surface area contributed by atoms with Crippen molar-refractivity contribution in [1.29, 1.82) is 0 Å². The zero-order valence-electron chi connectivity index (χ0n) is 18.5. The molecule has 1 fully saturated rings. The first-order valence-corrected chi connectivity index (χ1v) is 12.1. The molecule has 2 heterocycles. The van der Waals surface area contributed by atoms with Gasteiger partial charge in [0.05, 0.1) is 29.5 Å². The first-order valence-electron chi connectivity index (χ1n) is 11.4. The highest BCUT2D eigenvalue weighted by atomic mass is 32.1. The molecule has 9 heteroatoms. The highest BCUT2D eigenvalue weighted by Gasteiger charge is 2.29. The molecule has 0 bridgehead atoms. The molecule has 0 spiro atoms. The van der Waals surface area contributed by atoms with Gasteiger partial charge in [0.15, 0.2) is 0 Å². The molecule has 1 aliphatic rings. The molecule has 0 radical (unpaired) electrons. The Morgan fingerprint density at radius 2 is 1.74 bits per heavy atom. The lowest BCUT2D eigenvalue weighted by Gasteiger charge is -2.21. The molecule has 0 unspecified atom stereocenters. The molecule has 5 rings (SSSR count). The van der Waals surface area contributed by atoms with E-state index in [9.17, 15) is 19.8 Å². The van der Waals surface area contributed by atoms with E-state index in [0.717, 1.165) is 59.7 Å². The first kappa shape index (κ1) is 22.2. The average Bonchev–Trinajstić information content (AvgIpc) is 3.44. The Balaban J connectivity index is 1.61. The predicted molar refractivity (Wildman–Crippen MR) is 128 cm³/mol. The molecule has 0 atom stereocenters. The first-order chi connectivity index (χ1) is 16.5. The minimum absolute atomic E-state index is 0.0822. The Morgan fingerprint density at radius 3 is 2.50 bits per heavy atom. The zero-order valence-corrected chi connectivity index (χ0v) is 19.3. The summed E-state index contributed by atoms with van der Waals surface area (Å²) in [5, 5.41) is 24.6. The number of carboxylic acids is 2. The third-order valence-electron chi connectivity index (χ3n) is 6.54. The molecule has 2 N–H and O–H groups in total. The number of fused-ring (bicyclic) bond motifs is 1. The van der Waals surface area contributed by atoms with Gasteiger partial charge >= 0.3 is 11.9 Å². The summed E-state index contributed by atoms with van der Waals surface area (Å²) < 4.78 is 10.0. The summed E-state index contributed by atoms with van der Waals surface area (Å²) in [5.41, 5.74) is 4.88. The maximum atomic E-state index is 12.5. The average molecular weight is 477 g/mol. The molecular weight excluding hydrogens is 452 g/mol. The van der Waals surface area contributed by atoms with Gasteiger partial charge in [-0.25, -0.2) is 9.59 Å². The minimum atomic E-state index is -1.06. The Kier molecular flexibility index (Phi) is 6.10. The third kappa shape index (κ3) is 4.31. The van der Waals surface area contributed by atoms with Crippen LogP contribution in [0.15, 0.2) is 42.5 Å². The van der Waals surface area contributed by atoms with Crippen LogP contribution in [0.3, 0.4) is 0 Å². The van der Waals surface area contributed by atoms with E-state index in [1.165, 1.54) is 17.2 Å². The van der Waals surface area contributed by atoms with Crippen LogP contribution in [0.25, 0.3) is 11.0 Å². The summed E-state index contributed by atoms with van der Waals surface area (Å²) >= 11 is 1.15. The number of hydrogen-bond donors (Lipinski definition) is 2. The molecule has 2 aromatic carbocycles. The van der Waals surface area contributed by atoms with Crippen molar-refractivity contribution in [3.05, 3.63) is 76.1 Å². The number of benzene rings is 2. The van der Waals surface area contributed by atoms with Gasteiger partial charge in [0.25, 0.3) is 0 Å². The molecule has 1 saturated carbocycles. The van der Waals surface area contributed by atoms with Gasteiger partial charge in [-0.3, -0.25) is 4.68 Å². The fourth-order valence-corrected chi connectivity index (χ4v) is 5.44. The molecule has 2 aromatic heterocycles. The number of aromatic carboxylic acids is 2. The summed E-state index contributed by atoms with van der Waals surface area (Å²) in [7, 11) is 0.